The number of benzene rings is 3. The predicted octanol–water partition coefficient (Wildman–Crippen LogP) is 7.67. The molecule has 3 aromatic carbocycles. The van der Waals surface area contributed by atoms with Crippen LogP contribution in [0.3, 0.4) is 0 Å². The number of hydrogen-bond donors (Lipinski definition) is 1. The molecule has 1 N–H and O–H groups in total. The van der Waals surface area contributed by atoms with Crippen LogP contribution in [-0.4, -0.2) is 36.5 Å². The molecule has 0 aliphatic heterocycles. The summed E-state index contributed by atoms with van der Waals surface area (Å²) >= 11 is 0. The Morgan fingerprint density at radius 2 is 1.38 bits per heavy atom. The van der Waals surface area contributed by atoms with Crippen molar-refractivity contribution in [3.63, 3.8) is 0 Å². The van der Waals surface area contributed by atoms with Crippen molar-refractivity contribution in [3.8, 4) is 17.2 Å². The van der Waals surface area contributed by atoms with Gasteiger partial charge in [-0.3, -0.25) is 0 Å². The van der Waals surface area contributed by atoms with E-state index >= 15 is 0 Å². The fourth-order valence-electron chi connectivity index (χ4n) is 3.07. The summed E-state index contributed by atoms with van der Waals surface area (Å²) in [4.78, 5) is 1.15. The van der Waals surface area contributed by atoms with Gasteiger partial charge in [-0.15, -0.1) is 0 Å². The third-order valence-corrected chi connectivity index (χ3v) is 4.71. The van der Waals surface area contributed by atoms with Gasteiger partial charge in [0, 0.05) is 18.3 Å². The summed E-state index contributed by atoms with van der Waals surface area (Å²) in [6.45, 7) is 2.82. The molecule has 0 aliphatic carbocycles. The van der Waals surface area contributed by atoms with E-state index in [4.69, 9.17) is 4.74 Å². The van der Waals surface area contributed by atoms with Crippen LogP contribution in [0.15, 0.2) is 78.9 Å². The maximum atomic E-state index is 13.3. The summed E-state index contributed by atoms with van der Waals surface area (Å²) in [6.07, 6.45) is -16.4. The molecule has 0 heterocycles. The predicted molar refractivity (Wildman–Crippen MR) is 125 cm³/mol. The van der Waals surface area contributed by atoms with Crippen molar-refractivity contribution < 1.29 is 45.3 Å². The lowest BCUT2D eigenvalue weighted by molar-refractivity contribution is -0.253. The van der Waals surface area contributed by atoms with E-state index in [0.717, 1.165) is 17.0 Å². The second kappa shape index (κ2) is 13.2. The molecule has 0 fully saturated rings. The summed E-state index contributed by atoms with van der Waals surface area (Å²) < 4.78 is 100. The number of halogens is 7. The first-order valence-corrected chi connectivity index (χ1v) is 11.2. The van der Waals surface area contributed by atoms with Crippen molar-refractivity contribution >= 4 is 5.69 Å². The maximum absolute atomic E-state index is 13.3. The highest BCUT2D eigenvalue weighted by atomic mass is 19.4. The molecule has 37 heavy (non-hydrogen) atoms. The SMILES string of the molecule is CC.OC(CN(Cc1cccc(OC(F)(F)C(F)F)c1)c1cccc(Oc2ccccc2)c1)C(F)(F)F. The van der Waals surface area contributed by atoms with Crippen LogP contribution in [0, 0.1) is 0 Å². The number of hydrogen-bond acceptors (Lipinski definition) is 4. The topological polar surface area (TPSA) is 41.9 Å². The van der Waals surface area contributed by atoms with Crippen molar-refractivity contribution in [2.45, 2.75) is 45.2 Å². The van der Waals surface area contributed by atoms with Crippen molar-refractivity contribution in [3.05, 3.63) is 84.4 Å². The smallest absolute Gasteiger partial charge is 0.457 e. The lowest BCUT2D eigenvalue weighted by atomic mass is 10.1. The van der Waals surface area contributed by atoms with Crippen LogP contribution in [0.25, 0.3) is 0 Å². The maximum Gasteiger partial charge on any atom is 0.461 e. The van der Waals surface area contributed by atoms with Gasteiger partial charge in [0.25, 0.3) is 0 Å². The Hall–Kier alpha value is -3.47. The zero-order valence-electron chi connectivity index (χ0n) is 19.9. The van der Waals surface area contributed by atoms with Gasteiger partial charge in [-0.1, -0.05) is 50.2 Å². The van der Waals surface area contributed by atoms with Crippen molar-refractivity contribution in [1.82, 2.24) is 0 Å². The summed E-state index contributed by atoms with van der Waals surface area (Å²) in [5.41, 5.74) is 0.405. The molecule has 1 unspecified atom stereocenters. The van der Waals surface area contributed by atoms with Crippen LogP contribution in [0.2, 0.25) is 0 Å². The second-order valence-electron chi connectivity index (χ2n) is 7.46. The Labute approximate surface area is 209 Å². The van der Waals surface area contributed by atoms with Crippen LogP contribution >= 0.6 is 0 Å². The van der Waals surface area contributed by atoms with Crippen molar-refractivity contribution in [1.29, 1.82) is 0 Å². The molecule has 0 aliphatic rings. The number of anilines is 1. The molecule has 1 atom stereocenters. The fourth-order valence-corrected chi connectivity index (χ4v) is 3.07. The number of rotatable bonds is 10. The Balaban J connectivity index is 0.00000235. The van der Waals surface area contributed by atoms with Crippen LogP contribution in [-0.2, 0) is 6.54 Å². The van der Waals surface area contributed by atoms with Gasteiger partial charge < -0.3 is 19.5 Å². The number of alkyl halides is 7. The lowest BCUT2D eigenvalue weighted by Gasteiger charge is -2.29. The highest BCUT2D eigenvalue weighted by Gasteiger charge is 2.44. The molecule has 0 saturated heterocycles. The first kappa shape index (κ1) is 29.8. The van der Waals surface area contributed by atoms with Gasteiger partial charge in [0.15, 0.2) is 6.10 Å². The highest BCUT2D eigenvalue weighted by Crippen LogP contribution is 2.31. The zero-order chi connectivity index (χ0) is 27.6. The van der Waals surface area contributed by atoms with E-state index in [1.165, 1.54) is 30.3 Å². The Morgan fingerprint density at radius 1 is 0.784 bits per heavy atom. The first-order chi connectivity index (χ1) is 17.4. The van der Waals surface area contributed by atoms with E-state index in [1.807, 2.05) is 13.8 Å². The zero-order valence-corrected chi connectivity index (χ0v) is 19.9. The van der Waals surface area contributed by atoms with Gasteiger partial charge in [0.2, 0.25) is 0 Å². The van der Waals surface area contributed by atoms with Gasteiger partial charge in [0.1, 0.15) is 17.2 Å². The normalized spacial score (nSPS) is 12.4. The molecule has 4 nitrogen and oxygen atoms in total. The summed E-state index contributed by atoms with van der Waals surface area (Å²) in [7, 11) is 0. The molecular weight excluding hydrogens is 507 g/mol. The number of aliphatic hydroxyl groups is 1. The van der Waals surface area contributed by atoms with Crippen LogP contribution in [0.1, 0.15) is 19.4 Å². The summed E-state index contributed by atoms with van der Waals surface area (Å²) in [5, 5.41) is 9.66. The Kier molecular flexibility index (Phi) is 10.6. The van der Waals surface area contributed by atoms with E-state index in [0.29, 0.717) is 11.5 Å². The molecule has 0 bridgehead atoms. The molecular formula is C26H26F7NO3. The van der Waals surface area contributed by atoms with Gasteiger partial charge in [-0.05, 0) is 42.0 Å². The molecule has 0 aromatic heterocycles. The van der Waals surface area contributed by atoms with E-state index in [-0.39, 0.29) is 17.8 Å². The molecule has 0 spiro atoms. The fraction of sp³-hybridized carbons (Fsp3) is 0.308. The van der Waals surface area contributed by atoms with Gasteiger partial charge >= 0.3 is 18.7 Å². The standard InChI is InChI=1S/C24H20F7NO3.C2H6/c25-22(26)24(30,31)35-20-11-4-6-16(12-20)14-32(15-21(33)23(27,28)29)17-7-5-10-19(13-17)34-18-8-2-1-3-9-18;1-2/h1-13,21-22,33H,14-15H2;1-2H3. The average molecular weight is 533 g/mol. The minimum Gasteiger partial charge on any atom is -0.457 e. The van der Waals surface area contributed by atoms with Gasteiger partial charge in [-0.25, -0.2) is 0 Å². The van der Waals surface area contributed by atoms with Crippen molar-refractivity contribution in [2.75, 3.05) is 11.4 Å². The molecule has 3 rings (SSSR count). The highest BCUT2D eigenvalue weighted by molar-refractivity contribution is 5.52. The van der Waals surface area contributed by atoms with Crippen LogP contribution in [0.5, 0.6) is 17.2 Å². The quantitative estimate of drug-likeness (QED) is 0.272. The second-order valence-corrected chi connectivity index (χ2v) is 7.46. The third-order valence-electron chi connectivity index (χ3n) is 4.71. The molecule has 0 radical (unpaired) electrons. The van der Waals surface area contributed by atoms with Crippen LogP contribution < -0.4 is 14.4 Å². The average Bonchev–Trinajstić information content (AvgIpc) is 2.85. The number of aliphatic hydroxyl groups excluding tert-OH is 1. The van der Waals surface area contributed by atoms with E-state index in [1.54, 1.807) is 36.4 Å². The Bertz CT molecular complexity index is 1090. The molecule has 3 aromatic rings. The third kappa shape index (κ3) is 9.16. The number of ether oxygens (including phenoxy) is 2. The van der Waals surface area contributed by atoms with Crippen molar-refractivity contribution in [2.24, 2.45) is 0 Å². The van der Waals surface area contributed by atoms with E-state index < -0.39 is 37.1 Å². The molecule has 0 amide bonds. The first-order valence-electron chi connectivity index (χ1n) is 11.2. The molecule has 0 saturated carbocycles. The number of para-hydroxylation sites is 1. The van der Waals surface area contributed by atoms with E-state index in [2.05, 4.69) is 4.74 Å². The van der Waals surface area contributed by atoms with E-state index in [9.17, 15) is 35.8 Å². The van der Waals surface area contributed by atoms with Gasteiger partial charge in [0.05, 0.1) is 6.54 Å². The molecule has 202 valence electrons. The summed E-state index contributed by atoms with van der Waals surface area (Å²) in [5.74, 6) is 0.190. The number of nitrogens with zero attached hydrogens (tertiary/aromatic N) is 1. The monoisotopic (exact) mass is 533 g/mol. The minimum atomic E-state index is -4.92. The van der Waals surface area contributed by atoms with Gasteiger partial charge in [-0.2, -0.15) is 30.7 Å². The largest absolute Gasteiger partial charge is 0.461 e. The lowest BCUT2D eigenvalue weighted by Crippen LogP contribution is -2.40. The Morgan fingerprint density at radius 3 is 2.00 bits per heavy atom. The molecule has 11 heteroatoms. The minimum absolute atomic E-state index is 0.177. The van der Waals surface area contributed by atoms with Crippen LogP contribution in [0.4, 0.5) is 36.4 Å². The summed E-state index contributed by atoms with van der Waals surface area (Å²) in [6, 6.07) is 19.3.